The SMILES string of the molecule is COc1cc(C2Nc3c(O)cccc3C3C=CCC32)cc(OC)c1OC. The van der Waals surface area contributed by atoms with E-state index in [4.69, 9.17) is 14.2 Å². The van der Waals surface area contributed by atoms with Crippen LogP contribution < -0.4 is 19.5 Å². The van der Waals surface area contributed by atoms with E-state index in [1.165, 1.54) is 0 Å². The second-order valence-corrected chi connectivity index (χ2v) is 6.68. The van der Waals surface area contributed by atoms with Crippen LogP contribution in [0.2, 0.25) is 0 Å². The van der Waals surface area contributed by atoms with Crippen LogP contribution in [0.5, 0.6) is 23.0 Å². The van der Waals surface area contributed by atoms with Gasteiger partial charge in [0.25, 0.3) is 0 Å². The maximum absolute atomic E-state index is 10.4. The molecule has 3 unspecified atom stereocenters. The standard InChI is InChI=1S/C21H23NO4/c1-24-17-10-12(11-18(25-2)21(17)26-3)19-14-7-4-6-13(14)15-8-5-9-16(23)20(15)22-19/h4-6,8-11,13-14,19,22-23H,7H2,1-3H3. The molecule has 26 heavy (non-hydrogen) atoms. The molecule has 0 saturated carbocycles. The van der Waals surface area contributed by atoms with E-state index in [2.05, 4.69) is 23.5 Å². The summed E-state index contributed by atoms with van der Waals surface area (Å²) in [5.74, 6) is 2.77. The van der Waals surface area contributed by atoms with Crippen LogP contribution in [0.4, 0.5) is 5.69 Å². The van der Waals surface area contributed by atoms with Gasteiger partial charge in [0.2, 0.25) is 5.75 Å². The fourth-order valence-electron chi connectivity index (χ4n) is 4.22. The van der Waals surface area contributed by atoms with Crippen LogP contribution in [0.15, 0.2) is 42.5 Å². The van der Waals surface area contributed by atoms with Gasteiger partial charge < -0.3 is 24.6 Å². The molecule has 2 aromatic rings. The number of aromatic hydroxyl groups is 1. The second-order valence-electron chi connectivity index (χ2n) is 6.68. The van der Waals surface area contributed by atoms with Crippen molar-refractivity contribution >= 4 is 5.69 Å². The van der Waals surface area contributed by atoms with Gasteiger partial charge in [0, 0.05) is 5.92 Å². The Hall–Kier alpha value is -2.82. The molecule has 2 aliphatic rings. The van der Waals surface area contributed by atoms with Gasteiger partial charge in [-0.1, -0.05) is 24.3 Å². The van der Waals surface area contributed by atoms with Gasteiger partial charge in [-0.25, -0.2) is 0 Å². The minimum absolute atomic E-state index is 0.0320. The third-order valence-electron chi connectivity index (χ3n) is 5.42. The first kappa shape index (κ1) is 16.6. The number of hydrogen-bond acceptors (Lipinski definition) is 5. The molecule has 1 heterocycles. The van der Waals surface area contributed by atoms with Crippen molar-refractivity contribution in [2.75, 3.05) is 26.6 Å². The van der Waals surface area contributed by atoms with E-state index in [0.29, 0.717) is 23.2 Å². The highest BCUT2D eigenvalue weighted by Gasteiger charge is 2.39. The highest BCUT2D eigenvalue weighted by molar-refractivity contribution is 5.67. The molecule has 3 atom stereocenters. The van der Waals surface area contributed by atoms with Crippen molar-refractivity contribution in [1.82, 2.24) is 0 Å². The zero-order valence-corrected chi connectivity index (χ0v) is 15.2. The van der Waals surface area contributed by atoms with Gasteiger partial charge in [-0.05, 0) is 41.7 Å². The summed E-state index contributed by atoms with van der Waals surface area (Å²) < 4.78 is 16.5. The number of benzene rings is 2. The lowest BCUT2D eigenvalue weighted by Gasteiger charge is -2.38. The van der Waals surface area contributed by atoms with Crippen LogP contribution in [0, 0.1) is 5.92 Å². The van der Waals surface area contributed by atoms with Gasteiger partial charge in [-0.15, -0.1) is 0 Å². The van der Waals surface area contributed by atoms with Crippen LogP contribution in [-0.4, -0.2) is 26.4 Å². The maximum atomic E-state index is 10.4. The van der Waals surface area contributed by atoms with E-state index in [1.54, 1.807) is 27.4 Å². The molecule has 0 fully saturated rings. The van der Waals surface area contributed by atoms with E-state index in [9.17, 15) is 5.11 Å². The molecular formula is C21H23NO4. The predicted molar refractivity (Wildman–Crippen MR) is 101 cm³/mol. The average molecular weight is 353 g/mol. The molecule has 1 aliphatic heterocycles. The number of ether oxygens (including phenoxy) is 3. The average Bonchev–Trinajstić information content (AvgIpc) is 3.16. The van der Waals surface area contributed by atoms with Crippen LogP contribution in [0.3, 0.4) is 0 Å². The Morgan fingerprint density at radius 2 is 1.77 bits per heavy atom. The van der Waals surface area contributed by atoms with Crippen molar-refractivity contribution in [2.45, 2.75) is 18.4 Å². The summed E-state index contributed by atoms with van der Waals surface area (Å²) in [6.45, 7) is 0. The maximum Gasteiger partial charge on any atom is 0.203 e. The topological polar surface area (TPSA) is 60.0 Å². The van der Waals surface area contributed by atoms with Crippen molar-refractivity contribution < 1.29 is 19.3 Å². The Bertz CT molecular complexity index is 836. The van der Waals surface area contributed by atoms with E-state index in [-0.39, 0.29) is 17.7 Å². The molecule has 2 N–H and O–H groups in total. The smallest absolute Gasteiger partial charge is 0.203 e. The molecule has 0 aromatic heterocycles. The van der Waals surface area contributed by atoms with Crippen molar-refractivity contribution in [1.29, 1.82) is 0 Å². The molecule has 2 aromatic carbocycles. The second kappa shape index (κ2) is 6.48. The van der Waals surface area contributed by atoms with E-state index in [0.717, 1.165) is 23.2 Å². The number of anilines is 1. The number of hydrogen-bond donors (Lipinski definition) is 2. The van der Waals surface area contributed by atoms with Gasteiger partial charge in [-0.3, -0.25) is 0 Å². The number of phenolic OH excluding ortho intramolecular Hbond substituents is 1. The molecular weight excluding hydrogens is 330 g/mol. The number of phenols is 1. The number of allylic oxidation sites excluding steroid dienone is 2. The van der Waals surface area contributed by atoms with Gasteiger partial charge in [0.05, 0.1) is 33.1 Å². The zero-order chi connectivity index (χ0) is 18.3. The molecule has 1 aliphatic carbocycles. The summed E-state index contributed by atoms with van der Waals surface area (Å²) >= 11 is 0. The van der Waals surface area contributed by atoms with Crippen molar-refractivity contribution in [3.8, 4) is 23.0 Å². The van der Waals surface area contributed by atoms with Crippen LogP contribution in [0.25, 0.3) is 0 Å². The third kappa shape index (κ3) is 2.46. The summed E-state index contributed by atoms with van der Waals surface area (Å²) in [5.41, 5.74) is 3.00. The van der Waals surface area contributed by atoms with E-state index in [1.807, 2.05) is 18.2 Å². The highest BCUT2D eigenvalue weighted by atomic mass is 16.5. The Labute approximate surface area is 153 Å². The molecule has 0 radical (unpaired) electrons. The number of rotatable bonds is 4. The quantitative estimate of drug-likeness (QED) is 0.636. The fraction of sp³-hybridized carbons (Fsp3) is 0.333. The monoisotopic (exact) mass is 353 g/mol. The first-order valence-electron chi connectivity index (χ1n) is 8.73. The van der Waals surface area contributed by atoms with Gasteiger partial charge in [-0.2, -0.15) is 0 Å². The van der Waals surface area contributed by atoms with Gasteiger partial charge in [0.1, 0.15) is 5.75 Å². The minimum Gasteiger partial charge on any atom is -0.506 e. The summed E-state index contributed by atoms with van der Waals surface area (Å²) in [4.78, 5) is 0. The first-order chi connectivity index (χ1) is 12.7. The normalized spacial score (nSPS) is 23.0. The molecule has 5 heteroatoms. The van der Waals surface area contributed by atoms with Crippen LogP contribution >= 0.6 is 0 Å². The number of fused-ring (bicyclic) bond motifs is 3. The minimum atomic E-state index is 0.0320. The number of nitrogens with one attached hydrogen (secondary N) is 1. The van der Waals surface area contributed by atoms with Crippen molar-refractivity contribution in [3.05, 3.63) is 53.6 Å². The highest BCUT2D eigenvalue weighted by Crippen LogP contribution is 2.53. The van der Waals surface area contributed by atoms with Gasteiger partial charge in [0.15, 0.2) is 11.5 Å². The van der Waals surface area contributed by atoms with Crippen LogP contribution in [0.1, 0.15) is 29.5 Å². The summed E-state index contributed by atoms with van der Waals surface area (Å²) in [7, 11) is 4.84. The molecule has 0 amide bonds. The zero-order valence-electron chi connectivity index (χ0n) is 15.2. The summed E-state index contributed by atoms with van der Waals surface area (Å²) in [6, 6.07) is 9.71. The number of para-hydroxylation sites is 1. The molecule has 0 bridgehead atoms. The molecule has 0 spiro atoms. The summed E-state index contributed by atoms with van der Waals surface area (Å²) in [5, 5.41) is 13.9. The van der Waals surface area contributed by atoms with Crippen molar-refractivity contribution in [3.63, 3.8) is 0 Å². The number of methoxy groups -OCH3 is 3. The Balaban J connectivity index is 1.82. The Morgan fingerprint density at radius 1 is 1.04 bits per heavy atom. The lowest BCUT2D eigenvalue weighted by molar-refractivity contribution is 0.322. The fourth-order valence-corrected chi connectivity index (χ4v) is 4.22. The van der Waals surface area contributed by atoms with Crippen LogP contribution in [-0.2, 0) is 0 Å². The van der Waals surface area contributed by atoms with Gasteiger partial charge >= 0.3 is 0 Å². The lowest BCUT2D eigenvalue weighted by Crippen LogP contribution is -2.29. The third-order valence-corrected chi connectivity index (χ3v) is 5.42. The lowest BCUT2D eigenvalue weighted by atomic mass is 9.77. The predicted octanol–water partition coefficient (Wildman–Crippen LogP) is 4.24. The molecule has 5 nitrogen and oxygen atoms in total. The Kier molecular flexibility index (Phi) is 4.15. The first-order valence-corrected chi connectivity index (χ1v) is 8.73. The largest absolute Gasteiger partial charge is 0.506 e. The molecule has 4 rings (SSSR count). The van der Waals surface area contributed by atoms with E-state index < -0.39 is 0 Å². The van der Waals surface area contributed by atoms with E-state index >= 15 is 0 Å². The van der Waals surface area contributed by atoms with Crippen molar-refractivity contribution in [2.24, 2.45) is 5.92 Å². The molecule has 136 valence electrons. The summed E-state index contributed by atoms with van der Waals surface area (Å²) in [6.07, 6.45) is 5.45. The molecule has 0 saturated heterocycles. The Morgan fingerprint density at radius 3 is 2.42 bits per heavy atom.